The summed E-state index contributed by atoms with van der Waals surface area (Å²) in [5.41, 5.74) is 0. The lowest BCUT2D eigenvalue weighted by Gasteiger charge is -2.24. The molecule has 0 saturated carbocycles. The normalized spacial score (nSPS) is 13.8. The molecule has 0 aromatic carbocycles. The number of ether oxygens (including phenoxy) is 1. The van der Waals surface area contributed by atoms with Gasteiger partial charge in [0.05, 0.1) is 25.2 Å². The van der Waals surface area contributed by atoms with Gasteiger partial charge in [-0.1, -0.05) is 260 Å². The summed E-state index contributed by atoms with van der Waals surface area (Å²) in [6.45, 7) is 6.34. The maximum Gasteiger partial charge on any atom is 0.306 e. The van der Waals surface area contributed by atoms with Crippen molar-refractivity contribution < 1.29 is 24.5 Å². The fourth-order valence-electron chi connectivity index (χ4n) is 8.46. The summed E-state index contributed by atoms with van der Waals surface area (Å²) in [6, 6.07) is -0.720. The third-order valence-electron chi connectivity index (χ3n) is 12.8. The average Bonchev–Trinajstić information content (AvgIpc) is 3.33. The third-order valence-corrected chi connectivity index (χ3v) is 12.8. The maximum atomic E-state index is 13.3. The minimum absolute atomic E-state index is 0.0493. The van der Waals surface area contributed by atoms with Crippen LogP contribution in [0.1, 0.15) is 271 Å². The molecular formula is C62H109NO5. The number of hydrogen-bond acceptors (Lipinski definition) is 5. The van der Waals surface area contributed by atoms with Gasteiger partial charge in [0.2, 0.25) is 5.91 Å². The van der Waals surface area contributed by atoms with Crippen molar-refractivity contribution in [1.29, 1.82) is 0 Å². The van der Waals surface area contributed by atoms with Crippen LogP contribution in [-0.2, 0) is 14.3 Å². The Labute approximate surface area is 421 Å². The molecule has 0 saturated heterocycles. The van der Waals surface area contributed by atoms with Gasteiger partial charge in [0.15, 0.2) is 0 Å². The second-order valence-electron chi connectivity index (χ2n) is 19.4. The number of amides is 1. The molecule has 68 heavy (non-hydrogen) atoms. The predicted octanol–water partition coefficient (Wildman–Crippen LogP) is 17.9. The van der Waals surface area contributed by atoms with Gasteiger partial charge < -0.3 is 20.3 Å². The van der Waals surface area contributed by atoms with Crippen LogP contribution in [0, 0.1) is 0 Å². The molecule has 392 valence electrons. The van der Waals surface area contributed by atoms with Crippen molar-refractivity contribution in [3.8, 4) is 0 Å². The van der Waals surface area contributed by atoms with Gasteiger partial charge in [-0.15, -0.1) is 0 Å². The zero-order chi connectivity index (χ0) is 49.5. The summed E-state index contributed by atoms with van der Waals surface area (Å²) in [5, 5.41) is 23.9. The topological polar surface area (TPSA) is 95.9 Å². The van der Waals surface area contributed by atoms with Crippen LogP contribution >= 0.6 is 0 Å². The monoisotopic (exact) mass is 948 g/mol. The smallest absolute Gasteiger partial charge is 0.306 e. The summed E-state index contributed by atoms with van der Waals surface area (Å²) in [5.74, 6) is -0.521. The van der Waals surface area contributed by atoms with Crippen LogP contribution in [0.4, 0.5) is 0 Å². The quantitative estimate of drug-likeness (QED) is 0.0244. The van der Waals surface area contributed by atoms with Gasteiger partial charge >= 0.3 is 5.97 Å². The molecule has 0 aliphatic heterocycles. The van der Waals surface area contributed by atoms with E-state index in [1.54, 1.807) is 0 Å². The standard InChI is InChI=1S/C62H109NO5/c1-4-7-10-13-16-19-22-25-28-30-32-34-37-40-43-46-49-52-55-62(67)68-58(53-50-47-44-41-38-35-27-24-21-18-15-12-9-6-3)56-61(66)63-59(57-64)60(65)54-51-48-45-42-39-36-33-31-29-26-23-20-17-14-11-8-5-2/h9,12,16,18-19,21-22,25,27-28,30,32,34-35,58-60,64-65H,4-8,10-11,13-15,17,20,23-24,26,29,31,33,36-57H2,1-3H3,(H,63,66)/b12-9+,19-16+,21-18+,25-22+,30-28+,34-32+,35-27+. The SMILES string of the molecule is CC/C=C/C/C=C/C/C=C/CCCCCCC(CC(=O)NC(CO)C(O)CCCCCCCCCCCCCCCCCCC)OC(=O)CCCCCCC/C=C/C=C/C=C/C=C/CCCCC. The highest BCUT2D eigenvalue weighted by molar-refractivity contribution is 5.77. The van der Waals surface area contributed by atoms with Gasteiger partial charge in [-0.3, -0.25) is 9.59 Å². The lowest BCUT2D eigenvalue weighted by Crippen LogP contribution is -2.46. The van der Waals surface area contributed by atoms with Crippen LogP contribution < -0.4 is 5.32 Å². The van der Waals surface area contributed by atoms with Gasteiger partial charge in [-0.05, 0) is 83.5 Å². The minimum atomic E-state index is -0.804. The highest BCUT2D eigenvalue weighted by Gasteiger charge is 2.24. The van der Waals surface area contributed by atoms with Gasteiger partial charge in [-0.25, -0.2) is 0 Å². The summed E-state index contributed by atoms with van der Waals surface area (Å²) >= 11 is 0. The van der Waals surface area contributed by atoms with Crippen molar-refractivity contribution in [3.05, 3.63) is 85.1 Å². The predicted molar refractivity (Wildman–Crippen MR) is 296 cm³/mol. The molecular weight excluding hydrogens is 839 g/mol. The summed E-state index contributed by atoms with van der Waals surface area (Å²) in [4.78, 5) is 26.3. The van der Waals surface area contributed by atoms with E-state index in [9.17, 15) is 19.8 Å². The Morgan fingerprint density at radius 2 is 0.853 bits per heavy atom. The molecule has 3 N–H and O–H groups in total. The second kappa shape index (κ2) is 55.0. The van der Waals surface area contributed by atoms with E-state index in [4.69, 9.17) is 4.74 Å². The van der Waals surface area contributed by atoms with Gasteiger partial charge in [0.25, 0.3) is 0 Å². The van der Waals surface area contributed by atoms with Crippen molar-refractivity contribution in [2.45, 2.75) is 289 Å². The molecule has 0 aromatic heterocycles. The molecule has 0 aliphatic rings. The van der Waals surface area contributed by atoms with Crippen molar-refractivity contribution in [2.24, 2.45) is 0 Å². The van der Waals surface area contributed by atoms with E-state index in [-0.39, 0.29) is 24.9 Å². The summed E-state index contributed by atoms with van der Waals surface area (Å²) < 4.78 is 5.94. The van der Waals surface area contributed by atoms with Gasteiger partial charge in [0.1, 0.15) is 6.10 Å². The van der Waals surface area contributed by atoms with Crippen molar-refractivity contribution in [3.63, 3.8) is 0 Å². The first-order chi connectivity index (χ1) is 33.5. The van der Waals surface area contributed by atoms with Gasteiger partial charge in [-0.2, -0.15) is 0 Å². The zero-order valence-electron chi connectivity index (χ0n) is 44.7. The highest BCUT2D eigenvalue weighted by atomic mass is 16.5. The molecule has 0 spiro atoms. The minimum Gasteiger partial charge on any atom is -0.462 e. The molecule has 3 unspecified atom stereocenters. The van der Waals surface area contributed by atoms with Crippen LogP contribution in [0.2, 0.25) is 0 Å². The van der Waals surface area contributed by atoms with Crippen LogP contribution in [0.5, 0.6) is 0 Å². The Morgan fingerprint density at radius 3 is 1.37 bits per heavy atom. The maximum absolute atomic E-state index is 13.3. The van der Waals surface area contributed by atoms with Gasteiger partial charge in [0, 0.05) is 6.42 Å². The first-order valence-electron chi connectivity index (χ1n) is 28.9. The van der Waals surface area contributed by atoms with Crippen LogP contribution in [0.15, 0.2) is 85.1 Å². The number of carbonyl (C=O) groups excluding carboxylic acids is 2. The molecule has 0 heterocycles. The van der Waals surface area contributed by atoms with E-state index in [1.807, 2.05) is 0 Å². The Kier molecular flexibility index (Phi) is 52.6. The molecule has 0 fully saturated rings. The molecule has 6 heteroatoms. The van der Waals surface area contributed by atoms with E-state index in [0.717, 1.165) is 116 Å². The Bertz CT molecular complexity index is 1290. The van der Waals surface area contributed by atoms with E-state index in [0.29, 0.717) is 19.3 Å². The summed E-state index contributed by atoms with van der Waals surface area (Å²) in [7, 11) is 0. The number of allylic oxidation sites excluding steroid dienone is 14. The van der Waals surface area contributed by atoms with Crippen LogP contribution in [0.3, 0.4) is 0 Å². The number of aliphatic hydroxyl groups excluding tert-OH is 2. The molecule has 0 aliphatic carbocycles. The van der Waals surface area contributed by atoms with Crippen LogP contribution in [-0.4, -0.2) is 46.9 Å². The Morgan fingerprint density at radius 1 is 0.456 bits per heavy atom. The summed E-state index contributed by atoms with van der Waals surface area (Å²) in [6.07, 6.45) is 72.1. The first-order valence-corrected chi connectivity index (χ1v) is 28.9. The Balaban J connectivity index is 4.61. The largest absolute Gasteiger partial charge is 0.462 e. The number of aliphatic hydroxyl groups is 2. The first kappa shape index (κ1) is 65.0. The number of nitrogens with one attached hydrogen (secondary N) is 1. The van der Waals surface area contributed by atoms with E-state index in [1.165, 1.54) is 109 Å². The average molecular weight is 949 g/mol. The molecule has 6 nitrogen and oxygen atoms in total. The molecule has 0 rings (SSSR count). The number of rotatable bonds is 51. The number of unbranched alkanes of at least 4 members (excludes halogenated alkanes) is 28. The fraction of sp³-hybridized carbons (Fsp3) is 0.742. The molecule has 3 atom stereocenters. The Hall–Kier alpha value is -2.96. The van der Waals surface area contributed by atoms with Crippen molar-refractivity contribution in [2.75, 3.05) is 6.61 Å². The van der Waals surface area contributed by atoms with Crippen LogP contribution in [0.25, 0.3) is 0 Å². The van der Waals surface area contributed by atoms with Crippen molar-refractivity contribution >= 4 is 11.9 Å². The molecule has 0 bridgehead atoms. The molecule has 0 aromatic rings. The third kappa shape index (κ3) is 49.5. The number of esters is 1. The van der Waals surface area contributed by atoms with Crippen molar-refractivity contribution in [1.82, 2.24) is 5.32 Å². The number of carbonyl (C=O) groups is 2. The molecule has 1 amide bonds. The van der Waals surface area contributed by atoms with E-state index < -0.39 is 18.2 Å². The lowest BCUT2D eigenvalue weighted by molar-refractivity contribution is -0.151. The lowest BCUT2D eigenvalue weighted by atomic mass is 10.0. The second-order valence-corrected chi connectivity index (χ2v) is 19.4. The van der Waals surface area contributed by atoms with E-state index >= 15 is 0 Å². The highest BCUT2D eigenvalue weighted by Crippen LogP contribution is 2.18. The molecule has 0 radical (unpaired) electrons. The van der Waals surface area contributed by atoms with E-state index in [2.05, 4.69) is 111 Å². The fourth-order valence-corrected chi connectivity index (χ4v) is 8.46. The zero-order valence-corrected chi connectivity index (χ0v) is 44.7. The number of hydrogen-bond donors (Lipinski definition) is 3.